The number of aryl methyl sites for hydroxylation is 1. The zero-order chi connectivity index (χ0) is 15.3. The molecule has 1 aromatic rings. The maximum Gasteiger partial charge on any atom is 0.251 e. The third-order valence-electron chi connectivity index (χ3n) is 4.23. The highest BCUT2D eigenvalue weighted by molar-refractivity contribution is 7.99. The van der Waals surface area contributed by atoms with Crippen molar-refractivity contribution in [2.45, 2.75) is 33.2 Å². The average molecular weight is 306 g/mol. The Morgan fingerprint density at radius 2 is 2.00 bits per heavy atom. The SMILES string of the molecule is Cc1ccc(C(=O)NCCNC2CSCCC2(C)C)cc1. The molecule has 1 aromatic carbocycles. The summed E-state index contributed by atoms with van der Waals surface area (Å²) in [6.07, 6.45) is 1.26. The average Bonchev–Trinajstić information content (AvgIpc) is 2.45. The van der Waals surface area contributed by atoms with E-state index in [9.17, 15) is 4.79 Å². The van der Waals surface area contributed by atoms with Crippen LogP contribution in [0.1, 0.15) is 36.2 Å². The van der Waals surface area contributed by atoms with Crippen LogP contribution in [0.3, 0.4) is 0 Å². The van der Waals surface area contributed by atoms with Gasteiger partial charge in [0.1, 0.15) is 0 Å². The molecule has 3 nitrogen and oxygen atoms in total. The molecule has 0 radical (unpaired) electrons. The highest BCUT2D eigenvalue weighted by Gasteiger charge is 2.31. The number of amides is 1. The molecule has 2 N–H and O–H groups in total. The van der Waals surface area contributed by atoms with Crippen LogP contribution >= 0.6 is 11.8 Å². The molecular formula is C17H26N2OS. The molecule has 0 saturated carbocycles. The summed E-state index contributed by atoms with van der Waals surface area (Å²) in [5, 5.41) is 6.57. The first kappa shape index (κ1) is 16.4. The smallest absolute Gasteiger partial charge is 0.251 e. The minimum Gasteiger partial charge on any atom is -0.351 e. The number of benzene rings is 1. The second-order valence-corrected chi connectivity index (χ2v) is 7.59. The van der Waals surface area contributed by atoms with Crippen LogP contribution in [0.4, 0.5) is 0 Å². The first-order valence-corrected chi connectivity index (χ1v) is 8.80. The highest BCUT2D eigenvalue weighted by Crippen LogP contribution is 2.33. The van der Waals surface area contributed by atoms with Crippen molar-refractivity contribution >= 4 is 17.7 Å². The number of nitrogens with one attached hydrogen (secondary N) is 2. The van der Waals surface area contributed by atoms with E-state index < -0.39 is 0 Å². The summed E-state index contributed by atoms with van der Waals surface area (Å²) in [4.78, 5) is 12.0. The summed E-state index contributed by atoms with van der Waals surface area (Å²) in [5.41, 5.74) is 2.26. The Bertz CT molecular complexity index is 470. The number of carbonyl (C=O) groups is 1. The Balaban J connectivity index is 1.72. The van der Waals surface area contributed by atoms with Crippen molar-refractivity contribution < 1.29 is 4.79 Å². The zero-order valence-corrected chi connectivity index (χ0v) is 14.1. The largest absolute Gasteiger partial charge is 0.351 e. The van der Waals surface area contributed by atoms with Crippen LogP contribution in [0.25, 0.3) is 0 Å². The number of thioether (sulfide) groups is 1. The molecule has 21 heavy (non-hydrogen) atoms. The van der Waals surface area contributed by atoms with Gasteiger partial charge in [-0.25, -0.2) is 0 Å². The van der Waals surface area contributed by atoms with E-state index in [1.807, 2.05) is 43.0 Å². The highest BCUT2D eigenvalue weighted by atomic mass is 32.2. The molecule has 4 heteroatoms. The molecule has 0 aliphatic carbocycles. The van der Waals surface area contributed by atoms with Crippen molar-refractivity contribution in [2.75, 3.05) is 24.6 Å². The Morgan fingerprint density at radius 3 is 2.67 bits per heavy atom. The maximum absolute atomic E-state index is 12.0. The van der Waals surface area contributed by atoms with Gasteiger partial charge in [-0.3, -0.25) is 4.79 Å². The standard InChI is InChI=1S/C17H26N2OS/c1-13-4-6-14(7-5-13)16(20)19-10-9-18-15-12-21-11-8-17(15,2)3/h4-7,15,18H,8-12H2,1-3H3,(H,19,20). The molecule has 1 aliphatic heterocycles. The van der Waals surface area contributed by atoms with Crippen LogP contribution in [-0.4, -0.2) is 36.5 Å². The molecule has 1 saturated heterocycles. The summed E-state index contributed by atoms with van der Waals surface area (Å²) in [5.74, 6) is 2.43. The molecule has 0 bridgehead atoms. The third kappa shape index (κ3) is 4.75. The lowest BCUT2D eigenvalue weighted by atomic mass is 9.82. The predicted octanol–water partition coefficient (Wildman–Crippen LogP) is 2.85. The van der Waals surface area contributed by atoms with Gasteiger partial charge in [-0.05, 0) is 36.6 Å². The summed E-state index contributed by atoms with van der Waals surface area (Å²) in [6, 6.07) is 8.22. The van der Waals surface area contributed by atoms with E-state index >= 15 is 0 Å². The van der Waals surface area contributed by atoms with E-state index in [0.717, 1.165) is 12.1 Å². The van der Waals surface area contributed by atoms with Gasteiger partial charge in [-0.15, -0.1) is 0 Å². The molecule has 1 heterocycles. The lowest BCUT2D eigenvalue weighted by Gasteiger charge is -2.38. The number of rotatable bonds is 5. The Hall–Kier alpha value is -1.00. The van der Waals surface area contributed by atoms with E-state index in [0.29, 0.717) is 18.0 Å². The van der Waals surface area contributed by atoms with Crippen molar-refractivity contribution in [3.05, 3.63) is 35.4 Å². The van der Waals surface area contributed by atoms with Crippen molar-refractivity contribution in [3.8, 4) is 0 Å². The summed E-state index contributed by atoms with van der Waals surface area (Å²) in [6.45, 7) is 8.18. The van der Waals surface area contributed by atoms with Crippen LogP contribution in [0.5, 0.6) is 0 Å². The summed E-state index contributed by atoms with van der Waals surface area (Å²) >= 11 is 2.02. The van der Waals surface area contributed by atoms with Crippen LogP contribution in [-0.2, 0) is 0 Å². The predicted molar refractivity (Wildman–Crippen MR) is 91.0 cm³/mol. The van der Waals surface area contributed by atoms with Crippen LogP contribution in [0, 0.1) is 12.3 Å². The number of hydrogen-bond donors (Lipinski definition) is 2. The van der Waals surface area contributed by atoms with E-state index in [4.69, 9.17) is 0 Å². The van der Waals surface area contributed by atoms with E-state index in [2.05, 4.69) is 24.5 Å². The van der Waals surface area contributed by atoms with E-state index in [-0.39, 0.29) is 5.91 Å². The minimum atomic E-state index is 0.00841. The maximum atomic E-state index is 12.0. The number of hydrogen-bond acceptors (Lipinski definition) is 3. The fourth-order valence-electron chi connectivity index (χ4n) is 2.50. The Kier molecular flexibility index (Phi) is 5.71. The molecule has 0 aromatic heterocycles. The van der Waals surface area contributed by atoms with Crippen molar-refractivity contribution in [2.24, 2.45) is 5.41 Å². The van der Waals surface area contributed by atoms with Gasteiger partial charge in [0.25, 0.3) is 5.91 Å². The van der Waals surface area contributed by atoms with Crippen LogP contribution < -0.4 is 10.6 Å². The quantitative estimate of drug-likeness (QED) is 0.822. The molecule has 1 fully saturated rings. The monoisotopic (exact) mass is 306 g/mol. The van der Waals surface area contributed by atoms with Gasteiger partial charge in [0.15, 0.2) is 0 Å². The van der Waals surface area contributed by atoms with Gasteiger partial charge in [-0.1, -0.05) is 31.5 Å². The molecule has 1 amide bonds. The number of carbonyl (C=O) groups excluding carboxylic acids is 1. The second kappa shape index (κ2) is 7.32. The van der Waals surface area contributed by atoms with Crippen LogP contribution in [0.2, 0.25) is 0 Å². The van der Waals surface area contributed by atoms with Gasteiger partial charge in [0.05, 0.1) is 0 Å². The summed E-state index contributed by atoms with van der Waals surface area (Å²) in [7, 11) is 0. The first-order chi connectivity index (χ1) is 9.99. The van der Waals surface area contributed by atoms with E-state index in [1.165, 1.54) is 23.5 Å². The molecule has 1 atom stereocenters. The normalized spacial score (nSPS) is 21.0. The minimum absolute atomic E-state index is 0.00841. The van der Waals surface area contributed by atoms with Gasteiger partial charge in [-0.2, -0.15) is 11.8 Å². The van der Waals surface area contributed by atoms with Crippen molar-refractivity contribution in [3.63, 3.8) is 0 Å². The molecule has 0 spiro atoms. The molecule has 1 aliphatic rings. The Morgan fingerprint density at radius 1 is 1.29 bits per heavy atom. The molecular weight excluding hydrogens is 280 g/mol. The topological polar surface area (TPSA) is 41.1 Å². The van der Waals surface area contributed by atoms with Gasteiger partial charge >= 0.3 is 0 Å². The first-order valence-electron chi connectivity index (χ1n) is 7.65. The second-order valence-electron chi connectivity index (χ2n) is 6.44. The molecule has 2 rings (SSSR count). The van der Waals surface area contributed by atoms with Crippen molar-refractivity contribution in [1.82, 2.24) is 10.6 Å². The summed E-state index contributed by atoms with van der Waals surface area (Å²) < 4.78 is 0. The fraction of sp³-hybridized carbons (Fsp3) is 0.588. The zero-order valence-electron chi connectivity index (χ0n) is 13.2. The lowest BCUT2D eigenvalue weighted by molar-refractivity contribution is 0.0953. The van der Waals surface area contributed by atoms with Crippen LogP contribution in [0.15, 0.2) is 24.3 Å². The van der Waals surface area contributed by atoms with Gasteiger partial charge in [0.2, 0.25) is 0 Å². The molecule has 116 valence electrons. The van der Waals surface area contributed by atoms with Gasteiger partial charge in [0, 0.05) is 30.4 Å². The fourth-order valence-corrected chi connectivity index (χ4v) is 4.14. The lowest BCUT2D eigenvalue weighted by Crippen LogP contribution is -2.48. The third-order valence-corrected chi connectivity index (χ3v) is 5.30. The van der Waals surface area contributed by atoms with Gasteiger partial charge < -0.3 is 10.6 Å². The van der Waals surface area contributed by atoms with E-state index in [1.54, 1.807) is 0 Å². The Labute approximate surface area is 132 Å². The molecule has 1 unspecified atom stereocenters. The van der Waals surface area contributed by atoms with Crippen molar-refractivity contribution in [1.29, 1.82) is 0 Å².